The molecule has 0 radical (unpaired) electrons. The van der Waals surface area contributed by atoms with E-state index in [1.807, 2.05) is 0 Å². The van der Waals surface area contributed by atoms with E-state index in [-0.39, 0.29) is 6.61 Å². The van der Waals surface area contributed by atoms with Crippen LogP contribution in [0.25, 0.3) is 0 Å². The van der Waals surface area contributed by atoms with Crippen molar-refractivity contribution in [3.05, 3.63) is 29.8 Å². The molecule has 1 aromatic carbocycles. The van der Waals surface area contributed by atoms with E-state index in [0.29, 0.717) is 11.3 Å². The summed E-state index contributed by atoms with van der Waals surface area (Å²) in [5.74, 6) is 0.0236. The molecular formula is C11H13FO4. The molecule has 4 nitrogen and oxygen atoms in total. The van der Waals surface area contributed by atoms with Gasteiger partial charge in [0.2, 0.25) is 0 Å². The quantitative estimate of drug-likeness (QED) is 0.769. The fourth-order valence-corrected chi connectivity index (χ4v) is 1.04. The fourth-order valence-electron chi connectivity index (χ4n) is 1.04. The molecule has 1 N–H and O–H groups in total. The summed E-state index contributed by atoms with van der Waals surface area (Å²) in [4.78, 5) is 11.1. The summed E-state index contributed by atoms with van der Waals surface area (Å²) in [5, 5.41) is 8.93. The van der Waals surface area contributed by atoms with E-state index in [2.05, 4.69) is 4.74 Å². The van der Waals surface area contributed by atoms with Crippen molar-refractivity contribution in [3.63, 3.8) is 0 Å². The van der Waals surface area contributed by atoms with Crippen molar-refractivity contribution in [2.75, 3.05) is 20.4 Å². The van der Waals surface area contributed by atoms with Crippen LogP contribution in [0.15, 0.2) is 24.3 Å². The zero-order chi connectivity index (χ0) is 12.0. The second-order valence-corrected chi connectivity index (χ2v) is 3.14. The average molecular weight is 228 g/mol. The Bertz CT molecular complexity index is 336. The van der Waals surface area contributed by atoms with Gasteiger partial charge in [-0.05, 0) is 24.3 Å². The minimum Gasteiger partial charge on any atom is -0.491 e. The van der Waals surface area contributed by atoms with Crippen LogP contribution in [0.2, 0.25) is 0 Å². The highest BCUT2D eigenvalue weighted by molar-refractivity contribution is 5.89. The van der Waals surface area contributed by atoms with Gasteiger partial charge < -0.3 is 14.6 Å². The van der Waals surface area contributed by atoms with Crippen molar-refractivity contribution in [1.82, 2.24) is 0 Å². The number of carbonyl (C=O) groups excluding carboxylic acids is 1. The number of rotatable bonds is 5. The zero-order valence-corrected chi connectivity index (χ0v) is 8.85. The third kappa shape index (κ3) is 3.51. The average Bonchev–Trinajstić information content (AvgIpc) is 2.35. The molecule has 5 heteroatoms. The molecule has 1 atom stereocenters. The van der Waals surface area contributed by atoms with Crippen LogP contribution in [0.1, 0.15) is 10.4 Å². The number of esters is 1. The third-order valence-corrected chi connectivity index (χ3v) is 1.90. The minimum atomic E-state index is -1.12. The van der Waals surface area contributed by atoms with E-state index >= 15 is 0 Å². The molecule has 0 amide bonds. The Hall–Kier alpha value is -1.62. The molecule has 88 valence electrons. The number of hydrogen-bond acceptors (Lipinski definition) is 4. The zero-order valence-electron chi connectivity index (χ0n) is 8.85. The van der Waals surface area contributed by atoms with Gasteiger partial charge in [-0.25, -0.2) is 9.18 Å². The van der Waals surface area contributed by atoms with Gasteiger partial charge in [0, 0.05) is 0 Å². The largest absolute Gasteiger partial charge is 0.491 e. The summed E-state index contributed by atoms with van der Waals surface area (Å²) in [7, 11) is 1.30. The van der Waals surface area contributed by atoms with Crippen molar-refractivity contribution in [2.45, 2.75) is 6.10 Å². The Morgan fingerprint density at radius 3 is 2.56 bits per heavy atom. The minimum absolute atomic E-state index is 0.117. The van der Waals surface area contributed by atoms with Gasteiger partial charge in [-0.3, -0.25) is 0 Å². The summed E-state index contributed by atoms with van der Waals surface area (Å²) in [6, 6.07) is 6.17. The molecule has 0 fully saturated rings. The molecule has 1 unspecified atom stereocenters. The van der Waals surface area contributed by atoms with E-state index in [0.717, 1.165) is 0 Å². The number of benzene rings is 1. The molecule has 0 saturated heterocycles. The van der Waals surface area contributed by atoms with Gasteiger partial charge in [-0.15, -0.1) is 0 Å². The predicted octanol–water partition coefficient (Wildman–Crippen LogP) is 1.18. The van der Waals surface area contributed by atoms with Crippen molar-refractivity contribution in [3.8, 4) is 5.75 Å². The van der Waals surface area contributed by atoms with Crippen LogP contribution in [-0.4, -0.2) is 37.6 Å². The normalized spacial score (nSPS) is 11.9. The number of ether oxygens (including phenoxy) is 2. The molecular weight excluding hydrogens is 215 g/mol. The lowest BCUT2D eigenvalue weighted by atomic mass is 10.2. The van der Waals surface area contributed by atoms with Gasteiger partial charge in [0.05, 0.1) is 12.7 Å². The van der Waals surface area contributed by atoms with Crippen molar-refractivity contribution in [2.24, 2.45) is 0 Å². The monoisotopic (exact) mass is 228 g/mol. The van der Waals surface area contributed by atoms with Crippen LogP contribution in [0.5, 0.6) is 5.75 Å². The maximum atomic E-state index is 11.9. The van der Waals surface area contributed by atoms with Crippen LogP contribution in [0.3, 0.4) is 0 Å². The van der Waals surface area contributed by atoms with Crippen molar-refractivity contribution >= 4 is 5.97 Å². The summed E-state index contributed by atoms with van der Waals surface area (Å²) < 4.78 is 21.5. The maximum absolute atomic E-state index is 11.9. The molecule has 0 saturated carbocycles. The van der Waals surface area contributed by atoms with Crippen LogP contribution in [0.4, 0.5) is 4.39 Å². The Labute approximate surface area is 92.6 Å². The molecule has 0 heterocycles. The van der Waals surface area contributed by atoms with Gasteiger partial charge in [0.1, 0.15) is 25.1 Å². The summed E-state index contributed by atoms with van der Waals surface area (Å²) >= 11 is 0. The molecule has 1 rings (SSSR count). The highest BCUT2D eigenvalue weighted by atomic mass is 19.1. The lowest BCUT2D eigenvalue weighted by molar-refractivity contribution is 0.0600. The maximum Gasteiger partial charge on any atom is 0.337 e. The summed E-state index contributed by atoms with van der Waals surface area (Å²) in [5.41, 5.74) is 0.404. The van der Waals surface area contributed by atoms with Crippen molar-refractivity contribution in [1.29, 1.82) is 0 Å². The number of methoxy groups -OCH3 is 1. The highest BCUT2D eigenvalue weighted by Gasteiger charge is 2.06. The van der Waals surface area contributed by atoms with Gasteiger partial charge >= 0.3 is 5.97 Å². The standard InChI is InChI=1S/C11H13FO4/c1-15-11(14)8-2-4-10(5-3-8)16-7-9(13)6-12/h2-5,9,13H,6-7H2,1H3. The van der Waals surface area contributed by atoms with E-state index < -0.39 is 18.7 Å². The second kappa shape index (κ2) is 6.07. The van der Waals surface area contributed by atoms with E-state index in [4.69, 9.17) is 9.84 Å². The van der Waals surface area contributed by atoms with Gasteiger partial charge in [-0.2, -0.15) is 0 Å². The second-order valence-electron chi connectivity index (χ2n) is 3.14. The van der Waals surface area contributed by atoms with Crippen LogP contribution in [-0.2, 0) is 4.74 Å². The van der Waals surface area contributed by atoms with E-state index in [9.17, 15) is 9.18 Å². The first-order chi connectivity index (χ1) is 7.67. The molecule has 0 spiro atoms. The van der Waals surface area contributed by atoms with Gasteiger partial charge in [0.25, 0.3) is 0 Å². The Morgan fingerprint density at radius 2 is 2.06 bits per heavy atom. The first-order valence-electron chi connectivity index (χ1n) is 4.72. The molecule has 16 heavy (non-hydrogen) atoms. The van der Waals surface area contributed by atoms with E-state index in [1.165, 1.54) is 19.2 Å². The fraction of sp³-hybridized carbons (Fsp3) is 0.364. The first-order valence-corrected chi connectivity index (χ1v) is 4.72. The van der Waals surface area contributed by atoms with Gasteiger partial charge in [-0.1, -0.05) is 0 Å². The molecule has 0 aliphatic heterocycles. The smallest absolute Gasteiger partial charge is 0.337 e. The number of aliphatic hydroxyl groups is 1. The van der Waals surface area contributed by atoms with Crippen LogP contribution >= 0.6 is 0 Å². The summed E-state index contributed by atoms with van der Waals surface area (Å²) in [6.07, 6.45) is -1.12. The Kier molecular flexibility index (Phi) is 4.72. The molecule has 1 aromatic rings. The predicted molar refractivity (Wildman–Crippen MR) is 55.3 cm³/mol. The van der Waals surface area contributed by atoms with Crippen LogP contribution in [0, 0.1) is 0 Å². The lowest BCUT2D eigenvalue weighted by Gasteiger charge is -2.09. The Morgan fingerprint density at radius 1 is 1.44 bits per heavy atom. The van der Waals surface area contributed by atoms with Gasteiger partial charge in [0.15, 0.2) is 0 Å². The number of alkyl halides is 1. The molecule has 0 aromatic heterocycles. The molecule has 0 bridgehead atoms. The highest BCUT2D eigenvalue weighted by Crippen LogP contribution is 2.13. The molecule has 0 aliphatic carbocycles. The number of carbonyl (C=O) groups is 1. The number of halogens is 1. The SMILES string of the molecule is COC(=O)c1ccc(OCC(O)CF)cc1. The van der Waals surface area contributed by atoms with E-state index in [1.54, 1.807) is 12.1 Å². The van der Waals surface area contributed by atoms with Crippen LogP contribution < -0.4 is 4.74 Å². The number of hydrogen-bond donors (Lipinski definition) is 1. The number of aliphatic hydroxyl groups excluding tert-OH is 1. The third-order valence-electron chi connectivity index (χ3n) is 1.90. The summed E-state index contributed by atoms with van der Waals surface area (Å²) in [6.45, 7) is -0.964. The Balaban J connectivity index is 2.54. The topological polar surface area (TPSA) is 55.8 Å². The molecule has 0 aliphatic rings. The lowest BCUT2D eigenvalue weighted by Crippen LogP contribution is -2.19. The van der Waals surface area contributed by atoms with Crippen molar-refractivity contribution < 1.29 is 23.8 Å². The first kappa shape index (κ1) is 12.4.